The lowest BCUT2D eigenvalue weighted by atomic mass is 9.98. The van der Waals surface area contributed by atoms with Crippen LogP contribution >= 0.6 is 0 Å². The Morgan fingerprint density at radius 1 is 1.12 bits per heavy atom. The van der Waals surface area contributed by atoms with Crippen LogP contribution in [0.5, 0.6) is 0 Å². The summed E-state index contributed by atoms with van der Waals surface area (Å²) in [6.07, 6.45) is 11.0. The summed E-state index contributed by atoms with van der Waals surface area (Å²) in [7, 11) is 0. The first-order valence-electron chi connectivity index (χ1n) is 10.3. The molecule has 2 aliphatic carbocycles. The molecule has 0 bridgehead atoms. The van der Waals surface area contributed by atoms with Gasteiger partial charge in [0.15, 0.2) is 0 Å². The summed E-state index contributed by atoms with van der Waals surface area (Å²) in [6.45, 7) is 11.5. The van der Waals surface area contributed by atoms with Gasteiger partial charge in [-0.25, -0.2) is 0 Å². The molecule has 2 fully saturated rings. The lowest BCUT2D eigenvalue weighted by Crippen LogP contribution is -2.53. The van der Waals surface area contributed by atoms with Crippen molar-refractivity contribution in [1.29, 1.82) is 0 Å². The Balaban J connectivity index is 1.26. The molecule has 26 heavy (non-hydrogen) atoms. The largest absolute Gasteiger partial charge is 0.383 e. The van der Waals surface area contributed by atoms with Gasteiger partial charge in [-0.3, -0.25) is 9.80 Å². The Hall–Kier alpha value is -1.58. The van der Waals surface area contributed by atoms with E-state index in [1.807, 2.05) is 0 Å². The van der Waals surface area contributed by atoms with Crippen LogP contribution in [-0.2, 0) is 0 Å². The molecule has 0 aromatic heterocycles. The van der Waals surface area contributed by atoms with E-state index in [1.165, 1.54) is 62.3 Å². The van der Waals surface area contributed by atoms with Gasteiger partial charge >= 0.3 is 0 Å². The molecule has 0 amide bonds. The van der Waals surface area contributed by atoms with Gasteiger partial charge in [0.05, 0.1) is 0 Å². The van der Waals surface area contributed by atoms with Gasteiger partial charge < -0.3 is 5.32 Å². The number of anilines is 1. The third-order valence-corrected chi connectivity index (χ3v) is 6.42. The van der Waals surface area contributed by atoms with Crippen LogP contribution in [0.25, 0.3) is 0 Å². The third-order valence-electron chi connectivity index (χ3n) is 6.42. The third kappa shape index (κ3) is 4.05. The molecule has 0 spiro atoms. The molecule has 3 heteroatoms. The molecule has 140 valence electrons. The summed E-state index contributed by atoms with van der Waals surface area (Å²) in [4.78, 5) is 5.38. The van der Waals surface area contributed by atoms with Gasteiger partial charge in [0, 0.05) is 50.5 Å². The summed E-state index contributed by atoms with van der Waals surface area (Å²) in [6, 6.07) is 8.64. The first kappa shape index (κ1) is 17.8. The number of allylic oxidation sites excluding steroid dienone is 2. The van der Waals surface area contributed by atoms with Gasteiger partial charge in [-0.15, -0.1) is 0 Å². The van der Waals surface area contributed by atoms with Crippen molar-refractivity contribution in [2.45, 2.75) is 38.6 Å². The minimum absolute atomic E-state index is 0.411. The van der Waals surface area contributed by atoms with Crippen LogP contribution in [0.1, 0.15) is 31.7 Å². The quantitative estimate of drug-likeness (QED) is 0.833. The van der Waals surface area contributed by atoms with Crippen molar-refractivity contribution in [3.8, 4) is 0 Å². The molecule has 0 radical (unpaired) electrons. The Morgan fingerprint density at radius 2 is 1.88 bits per heavy atom. The average Bonchev–Trinajstić information content (AvgIpc) is 3.45. The molecule has 1 aliphatic heterocycles. The predicted octanol–water partition coefficient (Wildman–Crippen LogP) is 4.08. The number of hydrogen-bond donors (Lipinski definition) is 1. The van der Waals surface area contributed by atoms with Crippen molar-refractivity contribution in [2.75, 3.05) is 44.6 Å². The molecular weight excluding hydrogens is 318 g/mol. The van der Waals surface area contributed by atoms with Crippen molar-refractivity contribution in [3.05, 3.63) is 53.6 Å². The van der Waals surface area contributed by atoms with Crippen molar-refractivity contribution >= 4 is 5.69 Å². The van der Waals surface area contributed by atoms with Crippen LogP contribution in [0.15, 0.2) is 48.1 Å². The fourth-order valence-electron chi connectivity index (χ4n) is 4.31. The maximum atomic E-state index is 3.72. The second-order valence-corrected chi connectivity index (χ2v) is 8.51. The van der Waals surface area contributed by atoms with Gasteiger partial charge in [0.25, 0.3) is 0 Å². The molecule has 1 aromatic carbocycles. The Labute approximate surface area is 158 Å². The zero-order valence-electron chi connectivity index (χ0n) is 16.4. The highest BCUT2D eigenvalue weighted by Crippen LogP contribution is 2.42. The highest BCUT2D eigenvalue weighted by molar-refractivity contribution is 5.50. The summed E-state index contributed by atoms with van der Waals surface area (Å²) in [5.41, 5.74) is 4.56. The molecule has 1 saturated heterocycles. The van der Waals surface area contributed by atoms with E-state index in [9.17, 15) is 0 Å². The Morgan fingerprint density at radius 3 is 2.54 bits per heavy atom. The maximum absolute atomic E-state index is 3.72. The van der Waals surface area contributed by atoms with Crippen LogP contribution in [0.4, 0.5) is 5.69 Å². The van der Waals surface area contributed by atoms with Crippen LogP contribution in [-0.4, -0.2) is 54.6 Å². The van der Waals surface area contributed by atoms with E-state index in [-0.39, 0.29) is 0 Å². The summed E-state index contributed by atoms with van der Waals surface area (Å²) < 4.78 is 0. The average molecular weight is 352 g/mol. The molecule has 1 aromatic rings. The van der Waals surface area contributed by atoms with Crippen molar-refractivity contribution < 1.29 is 0 Å². The Kier molecular flexibility index (Phi) is 5.19. The fraction of sp³-hybridized carbons (Fsp3) is 0.565. The fourth-order valence-corrected chi connectivity index (χ4v) is 4.31. The number of benzene rings is 1. The molecule has 1 atom stereocenters. The van der Waals surface area contributed by atoms with E-state index in [0.29, 0.717) is 11.5 Å². The second-order valence-electron chi connectivity index (χ2n) is 8.51. The lowest BCUT2D eigenvalue weighted by molar-refractivity contribution is 0.0953. The van der Waals surface area contributed by atoms with E-state index in [1.54, 1.807) is 0 Å². The highest BCUT2D eigenvalue weighted by atomic mass is 15.3. The zero-order valence-corrected chi connectivity index (χ0v) is 16.4. The molecule has 3 aliphatic rings. The molecular formula is C23H33N3. The number of nitrogens with zero attached hydrogens (tertiary/aromatic N) is 2. The van der Waals surface area contributed by atoms with Gasteiger partial charge in [-0.2, -0.15) is 0 Å². The first-order valence-corrected chi connectivity index (χ1v) is 10.3. The van der Waals surface area contributed by atoms with E-state index >= 15 is 0 Å². The van der Waals surface area contributed by atoms with Crippen molar-refractivity contribution in [2.24, 2.45) is 5.92 Å². The molecule has 3 nitrogen and oxygen atoms in total. The highest BCUT2D eigenvalue weighted by Gasteiger charge is 2.48. The number of piperazine rings is 1. The van der Waals surface area contributed by atoms with Crippen LogP contribution in [0.3, 0.4) is 0 Å². The summed E-state index contributed by atoms with van der Waals surface area (Å²) in [5.74, 6) is 0.714. The summed E-state index contributed by atoms with van der Waals surface area (Å²) >= 11 is 0. The molecule has 4 rings (SSSR count). The molecule has 1 heterocycles. The standard InChI is InChI=1S/C23H33N3/c1-19-7-9-21(10-8-19)17-25-13-15-26(16-14-25)23(11-12-23)18-24-22-6-4-3-5-20(22)2/h3-7,9-10,19,24H,8,11-18H2,1-2H3. The van der Waals surface area contributed by atoms with E-state index in [0.717, 1.165) is 13.1 Å². The second kappa shape index (κ2) is 7.58. The number of nitrogens with one attached hydrogen (secondary N) is 1. The minimum atomic E-state index is 0.411. The molecule has 1 unspecified atom stereocenters. The summed E-state index contributed by atoms with van der Waals surface area (Å²) in [5, 5.41) is 3.72. The predicted molar refractivity (Wildman–Crippen MR) is 111 cm³/mol. The molecule has 1 saturated carbocycles. The smallest absolute Gasteiger partial charge is 0.0384 e. The Bertz CT molecular complexity index is 678. The van der Waals surface area contributed by atoms with Gasteiger partial charge in [-0.05, 0) is 49.3 Å². The van der Waals surface area contributed by atoms with Crippen molar-refractivity contribution in [3.63, 3.8) is 0 Å². The monoisotopic (exact) mass is 351 g/mol. The maximum Gasteiger partial charge on any atom is 0.0384 e. The van der Waals surface area contributed by atoms with Gasteiger partial charge in [0.1, 0.15) is 0 Å². The van der Waals surface area contributed by atoms with Crippen LogP contribution in [0.2, 0.25) is 0 Å². The van der Waals surface area contributed by atoms with E-state index in [4.69, 9.17) is 0 Å². The van der Waals surface area contributed by atoms with Crippen LogP contribution < -0.4 is 5.32 Å². The van der Waals surface area contributed by atoms with Crippen molar-refractivity contribution in [1.82, 2.24) is 9.80 Å². The lowest BCUT2D eigenvalue weighted by Gasteiger charge is -2.40. The van der Waals surface area contributed by atoms with Gasteiger partial charge in [-0.1, -0.05) is 43.4 Å². The number of hydrogen-bond acceptors (Lipinski definition) is 3. The van der Waals surface area contributed by atoms with E-state index in [2.05, 4.69) is 71.5 Å². The first-order chi connectivity index (χ1) is 12.6. The molecule has 1 N–H and O–H groups in total. The van der Waals surface area contributed by atoms with Crippen LogP contribution in [0, 0.1) is 12.8 Å². The SMILES string of the molecule is Cc1ccccc1NCC1(N2CCN(CC3=CCC(C)C=C3)CC2)CC1. The van der Waals surface area contributed by atoms with E-state index < -0.39 is 0 Å². The zero-order chi connectivity index (χ0) is 18.0. The number of aryl methyl sites for hydroxylation is 1. The number of rotatable bonds is 6. The minimum Gasteiger partial charge on any atom is -0.383 e. The number of para-hydroxylation sites is 1. The topological polar surface area (TPSA) is 18.5 Å². The van der Waals surface area contributed by atoms with Gasteiger partial charge in [0.2, 0.25) is 0 Å². The normalized spacial score (nSPS) is 25.8.